The van der Waals surface area contributed by atoms with Crippen LogP contribution in [0.2, 0.25) is 0 Å². The van der Waals surface area contributed by atoms with Crippen molar-refractivity contribution in [3.05, 3.63) is 5.82 Å². The van der Waals surface area contributed by atoms with E-state index in [4.69, 9.17) is 6.42 Å². The van der Waals surface area contributed by atoms with Crippen molar-refractivity contribution < 1.29 is 0 Å². The first-order chi connectivity index (χ1) is 5.86. The van der Waals surface area contributed by atoms with Gasteiger partial charge in [0.05, 0.1) is 6.54 Å². The highest BCUT2D eigenvalue weighted by Crippen LogP contribution is 2.11. The molecule has 0 saturated heterocycles. The van der Waals surface area contributed by atoms with Gasteiger partial charge >= 0.3 is 0 Å². The maximum absolute atomic E-state index is 5.09. The van der Waals surface area contributed by atoms with Gasteiger partial charge in [-0.2, -0.15) is 4.37 Å². The predicted octanol–water partition coefficient (Wildman–Crippen LogP) is 1.54. The molecule has 1 aromatic rings. The molecule has 1 aromatic heterocycles. The maximum Gasteiger partial charge on any atom is 0.203 e. The first-order valence-electron chi connectivity index (χ1n) is 3.86. The SMILES string of the molecule is C#CCNc1nc(CCC)ns1. The van der Waals surface area contributed by atoms with Crippen LogP contribution in [0.25, 0.3) is 0 Å². The summed E-state index contributed by atoms with van der Waals surface area (Å²) < 4.78 is 4.16. The van der Waals surface area contributed by atoms with E-state index >= 15 is 0 Å². The number of aromatic nitrogens is 2. The predicted molar refractivity (Wildman–Crippen MR) is 51.2 cm³/mol. The normalized spacial score (nSPS) is 9.33. The quantitative estimate of drug-likeness (QED) is 0.716. The van der Waals surface area contributed by atoms with E-state index in [1.807, 2.05) is 0 Å². The fourth-order valence-electron chi connectivity index (χ4n) is 0.778. The number of hydrogen-bond donors (Lipinski definition) is 1. The fraction of sp³-hybridized carbons (Fsp3) is 0.500. The molecule has 1 heterocycles. The highest BCUT2D eigenvalue weighted by molar-refractivity contribution is 7.09. The Morgan fingerprint density at radius 1 is 1.67 bits per heavy atom. The minimum absolute atomic E-state index is 0.515. The Bertz CT molecular complexity index is 274. The van der Waals surface area contributed by atoms with E-state index in [0.29, 0.717) is 6.54 Å². The van der Waals surface area contributed by atoms with Crippen LogP contribution in [0.15, 0.2) is 0 Å². The molecule has 0 radical (unpaired) electrons. The van der Waals surface area contributed by atoms with Crippen LogP contribution in [-0.4, -0.2) is 15.9 Å². The molecule has 1 rings (SSSR count). The lowest BCUT2D eigenvalue weighted by atomic mass is 10.3. The lowest BCUT2D eigenvalue weighted by Crippen LogP contribution is -1.97. The van der Waals surface area contributed by atoms with Crippen LogP contribution in [0.4, 0.5) is 5.13 Å². The van der Waals surface area contributed by atoms with E-state index in [0.717, 1.165) is 23.8 Å². The molecule has 0 aliphatic carbocycles. The van der Waals surface area contributed by atoms with Crippen LogP contribution < -0.4 is 5.32 Å². The molecule has 0 amide bonds. The standard InChI is InChI=1S/C8H11N3S/c1-3-5-7-10-8(12-11-7)9-6-4-2/h2H,3,5-6H2,1H3,(H,9,10,11). The van der Waals surface area contributed by atoms with Gasteiger partial charge in [0.1, 0.15) is 5.82 Å². The van der Waals surface area contributed by atoms with Crippen LogP contribution in [0.3, 0.4) is 0 Å². The second kappa shape index (κ2) is 4.73. The molecule has 0 unspecified atom stereocenters. The number of rotatable bonds is 4. The van der Waals surface area contributed by atoms with E-state index in [1.165, 1.54) is 11.5 Å². The Balaban J connectivity index is 2.47. The van der Waals surface area contributed by atoms with Gasteiger partial charge in [0.25, 0.3) is 0 Å². The molecular formula is C8H11N3S. The molecule has 0 atom stereocenters. The Morgan fingerprint density at radius 2 is 2.50 bits per heavy atom. The zero-order chi connectivity index (χ0) is 8.81. The summed E-state index contributed by atoms with van der Waals surface area (Å²) in [6.07, 6.45) is 7.10. The van der Waals surface area contributed by atoms with Crippen molar-refractivity contribution in [2.45, 2.75) is 19.8 Å². The van der Waals surface area contributed by atoms with E-state index < -0.39 is 0 Å². The summed E-state index contributed by atoms with van der Waals surface area (Å²) in [5.74, 6) is 3.39. The van der Waals surface area contributed by atoms with Crippen molar-refractivity contribution in [2.24, 2.45) is 0 Å². The van der Waals surface area contributed by atoms with Crippen molar-refractivity contribution in [2.75, 3.05) is 11.9 Å². The van der Waals surface area contributed by atoms with Gasteiger partial charge in [0.2, 0.25) is 5.13 Å². The Labute approximate surface area is 76.4 Å². The smallest absolute Gasteiger partial charge is 0.203 e. The molecule has 0 aliphatic heterocycles. The van der Waals surface area contributed by atoms with E-state index in [9.17, 15) is 0 Å². The van der Waals surface area contributed by atoms with Crippen molar-refractivity contribution >= 4 is 16.7 Å². The van der Waals surface area contributed by atoms with Gasteiger partial charge < -0.3 is 5.32 Å². The summed E-state index contributed by atoms with van der Waals surface area (Å²) in [5.41, 5.74) is 0. The molecule has 0 aromatic carbocycles. The minimum atomic E-state index is 0.515. The molecule has 0 saturated carbocycles. The van der Waals surface area contributed by atoms with Gasteiger partial charge in [-0.05, 0) is 6.42 Å². The van der Waals surface area contributed by atoms with Gasteiger partial charge in [-0.15, -0.1) is 6.42 Å². The Hall–Kier alpha value is -1.08. The molecule has 0 bridgehead atoms. The van der Waals surface area contributed by atoms with Crippen molar-refractivity contribution in [3.63, 3.8) is 0 Å². The zero-order valence-corrected chi connectivity index (χ0v) is 7.82. The van der Waals surface area contributed by atoms with Gasteiger partial charge in [-0.25, -0.2) is 4.98 Å². The third kappa shape index (κ3) is 2.51. The third-order valence-electron chi connectivity index (χ3n) is 1.28. The van der Waals surface area contributed by atoms with Crippen LogP contribution in [-0.2, 0) is 6.42 Å². The van der Waals surface area contributed by atoms with Gasteiger partial charge in [0, 0.05) is 18.0 Å². The first-order valence-corrected chi connectivity index (χ1v) is 4.64. The maximum atomic E-state index is 5.09. The van der Waals surface area contributed by atoms with E-state index in [-0.39, 0.29) is 0 Å². The van der Waals surface area contributed by atoms with Crippen LogP contribution in [0, 0.1) is 12.3 Å². The Kier molecular flexibility index (Phi) is 3.55. The van der Waals surface area contributed by atoms with E-state index in [2.05, 4.69) is 27.5 Å². The molecule has 4 heteroatoms. The number of nitrogens with zero attached hydrogens (tertiary/aromatic N) is 2. The van der Waals surface area contributed by atoms with Crippen molar-refractivity contribution in [1.29, 1.82) is 0 Å². The molecule has 0 fully saturated rings. The highest BCUT2D eigenvalue weighted by Gasteiger charge is 2.00. The average molecular weight is 181 g/mol. The number of anilines is 1. The lowest BCUT2D eigenvalue weighted by molar-refractivity contribution is 0.862. The summed E-state index contributed by atoms with van der Waals surface area (Å²) >= 11 is 1.36. The third-order valence-corrected chi connectivity index (χ3v) is 1.99. The summed E-state index contributed by atoms with van der Waals surface area (Å²) in [7, 11) is 0. The molecule has 0 aliphatic rings. The fourth-order valence-corrected chi connectivity index (χ4v) is 1.38. The summed E-state index contributed by atoms with van der Waals surface area (Å²) in [6.45, 7) is 2.62. The second-order valence-corrected chi connectivity index (χ2v) is 3.08. The van der Waals surface area contributed by atoms with Crippen LogP contribution >= 0.6 is 11.5 Å². The molecule has 0 spiro atoms. The highest BCUT2D eigenvalue weighted by atomic mass is 32.1. The summed E-state index contributed by atoms with van der Waals surface area (Å²) in [6, 6.07) is 0. The second-order valence-electron chi connectivity index (χ2n) is 2.32. The van der Waals surface area contributed by atoms with Crippen molar-refractivity contribution in [3.8, 4) is 12.3 Å². The first kappa shape index (κ1) is 9.01. The van der Waals surface area contributed by atoms with Crippen LogP contribution in [0.5, 0.6) is 0 Å². The molecular weight excluding hydrogens is 170 g/mol. The minimum Gasteiger partial charge on any atom is -0.349 e. The number of nitrogens with one attached hydrogen (secondary N) is 1. The summed E-state index contributed by atoms with van der Waals surface area (Å²) in [4.78, 5) is 4.24. The Morgan fingerprint density at radius 3 is 3.17 bits per heavy atom. The largest absolute Gasteiger partial charge is 0.349 e. The summed E-state index contributed by atoms with van der Waals surface area (Å²) in [5, 5.41) is 3.80. The molecule has 1 N–H and O–H groups in total. The molecule has 12 heavy (non-hydrogen) atoms. The van der Waals surface area contributed by atoms with Gasteiger partial charge in [0.15, 0.2) is 0 Å². The molecule has 64 valence electrons. The topological polar surface area (TPSA) is 37.8 Å². The zero-order valence-electron chi connectivity index (χ0n) is 7.00. The van der Waals surface area contributed by atoms with E-state index in [1.54, 1.807) is 0 Å². The lowest BCUT2D eigenvalue weighted by Gasteiger charge is -1.91. The monoisotopic (exact) mass is 181 g/mol. The number of aryl methyl sites for hydroxylation is 1. The number of terminal acetylenes is 1. The van der Waals surface area contributed by atoms with Crippen LogP contribution in [0.1, 0.15) is 19.2 Å². The average Bonchev–Trinajstić information content (AvgIpc) is 2.50. The van der Waals surface area contributed by atoms with Crippen molar-refractivity contribution in [1.82, 2.24) is 9.36 Å². The van der Waals surface area contributed by atoms with Gasteiger partial charge in [-0.1, -0.05) is 12.8 Å². The van der Waals surface area contributed by atoms with Gasteiger partial charge in [-0.3, -0.25) is 0 Å². The molecule has 3 nitrogen and oxygen atoms in total. The number of hydrogen-bond acceptors (Lipinski definition) is 4.